The first-order valence-electron chi connectivity index (χ1n) is 10.7. The Kier molecular flexibility index (Phi) is 7.58. The van der Waals surface area contributed by atoms with Crippen molar-refractivity contribution in [3.8, 4) is 11.4 Å². The van der Waals surface area contributed by atoms with Gasteiger partial charge in [-0.05, 0) is 43.3 Å². The van der Waals surface area contributed by atoms with Crippen LogP contribution >= 0.6 is 22.9 Å². The van der Waals surface area contributed by atoms with Gasteiger partial charge in [-0.2, -0.15) is 0 Å². The molecule has 0 aliphatic carbocycles. The normalized spacial score (nSPS) is 10.7. The van der Waals surface area contributed by atoms with E-state index in [1.165, 1.54) is 22.0 Å². The van der Waals surface area contributed by atoms with Crippen LogP contribution < -0.4 is 21.5 Å². The molecular weight excluding hydrogens is 490 g/mol. The number of likely N-dealkylation sites (N-methyl/N-ethyl adjacent to an activating group) is 1. The van der Waals surface area contributed by atoms with Gasteiger partial charge in [0.05, 0.1) is 45.6 Å². The van der Waals surface area contributed by atoms with Crippen LogP contribution in [0.4, 0.5) is 5.69 Å². The molecule has 0 saturated carbocycles. The molecule has 2 amide bonds. The number of hydrogen-bond donors (Lipinski definition) is 3. The minimum absolute atomic E-state index is 0.0367. The number of pyridine rings is 1. The van der Waals surface area contributed by atoms with Crippen molar-refractivity contribution in [2.75, 3.05) is 18.4 Å². The lowest BCUT2D eigenvalue weighted by molar-refractivity contribution is -0.119. The summed E-state index contributed by atoms with van der Waals surface area (Å²) in [5.74, 6) is -0.421. The topological polar surface area (TPSA) is 123 Å². The molecule has 3 heterocycles. The van der Waals surface area contributed by atoms with Gasteiger partial charge in [0.25, 0.3) is 11.5 Å². The molecule has 0 aliphatic heterocycles. The summed E-state index contributed by atoms with van der Waals surface area (Å²) in [5.41, 5.74) is 2.19. The molecule has 0 atom stereocenters. The van der Waals surface area contributed by atoms with E-state index < -0.39 is 0 Å². The van der Waals surface area contributed by atoms with Gasteiger partial charge < -0.3 is 16.0 Å². The second-order valence-corrected chi connectivity index (χ2v) is 9.07. The van der Waals surface area contributed by atoms with Crippen LogP contribution in [0.2, 0.25) is 4.34 Å². The van der Waals surface area contributed by atoms with Crippen molar-refractivity contribution in [3.63, 3.8) is 0 Å². The van der Waals surface area contributed by atoms with Gasteiger partial charge >= 0.3 is 0 Å². The predicted octanol–water partition coefficient (Wildman–Crippen LogP) is 2.61. The summed E-state index contributed by atoms with van der Waals surface area (Å²) in [6.07, 6.45) is 3.35. The fourth-order valence-electron chi connectivity index (χ4n) is 3.28. The summed E-state index contributed by atoms with van der Waals surface area (Å²) in [6.45, 7) is 2.57. The van der Waals surface area contributed by atoms with E-state index in [0.29, 0.717) is 38.5 Å². The van der Waals surface area contributed by atoms with E-state index in [9.17, 15) is 14.4 Å². The maximum atomic E-state index is 12.3. The van der Waals surface area contributed by atoms with E-state index in [4.69, 9.17) is 11.6 Å². The number of carbonyl (C=O) groups excluding carboxylic acids is 2. The fraction of sp³-hybridized carbons (Fsp3) is 0.174. The van der Waals surface area contributed by atoms with Crippen LogP contribution in [-0.4, -0.2) is 44.5 Å². The van der Waals surface area contributed by atoms with E-state index in [0.717, 1.165) is 0 Å². The molecule has 0 bridgehead atoms. The average molecular weight is 512 g/mol. The highest BCUT2D eigenvalue weighted by Gasteiger charge is 2.13. The smallest absolute Gasteiger partial charge is 0.261 e. The highest BCUT2D eigenvalue weighted by atomic mass is 35.5. The molecule has 1 aromatic carbocycles. The Hall–Kier alpha value is -3.96. The van der Waals surface area contributed by atoms with Crippen LogP contribution in [0.3, 0.4) is 0 Å². The van der Waals surface area contributed by atoms with Crippen molar-refractivity contribution in [2.24, 2.45) is 0 Å². The number of nitrogens with one attached hydrogen (secondary N) is 3. The molecule has 0 saturated heterocycles. The summed E-state index contributed by atoms with van der Waals surface area (Å²) < 4.78 is 3.58. The van der Waals surface area contributed by atoms with Crippen molar-refractivity contribution in [1.29, 1.82) is 0 Å². The summed E-state index contributed by atoms with van der Waals surface area (Å²) in [7, 11) is 0. The van der Waals surface area contributed by atoms with Crippen LogP contribution in [0.1, 0.15) is 22.3 Å². The van der Waals surface area contributed by atoms with Gasteiger partial charge in [-0.3, -0.25) is 19.0 Å². The van der Waals surface area contributed by atoms with Crippen LogP contribution in [0, 0.1) is 0 Å². The number of hydrogen-bond acceptors (Lipinski definition) is 7. The van der Waals surface area contributed by atoms with Gasteiger partial charge in [0.1, 0.15) is 5.69 Å². The number of aromatic nitrogens is 4. The number of amides is 2. The number of rotatable bonds is 9. The molecule has 3 N–H and O–H groups in total. The van der Waals surface area contributed by atoms with E-state index in [2.05, 4.69) is 26.3 Å². The second-order valence-electron chi connectivity index (χ2n) is 7.36. The first-order chi connectivity index (χ1) is 16.9. The SMILES string of the molecule is CCNC(=O)CNc1cc(-n2ccccc2=O)ccc1-n1cc(CNC(=O)c2ccc(Cl)s2)nn1. The summed E-state index contributed by atoms with van der Waals surface area (Å²) in [4.78, 5) is 37.1. The van der Waals surface area contributed by atoms with E-state index in [1.54, 1.807) is 59.5 Å². The molecule has 0 unspecified atom stereocenters. The van der Waals surface area contributed by atoms with Crippen molar-refractivity contribution in [1.82, 2.24) is 30.2 Å². The third-order valence-corrected chi connectivity index (χ3v) is 6.14. The molecular formula is C23H22ClN7O3S. The van der Waals surface area contributed by atoms with Gasteiger partial charge in [-0.25, -0.2) is 4.68 Å². The van der Waals surface area contributed by atoms with E-state index in [-0.39, 0.29) is 30.5 Å². The standard InChI is InChI=1S/C23H22ClN7O3S/c1-2-25-21(32)13-26-17-11-16(30-10-4-3-5-22(30)33)6-7-18(17)31-14-15(28-29-31)12-27-23(34)19-8-9-20(24)35-19/h3-11,14,26H,2,12-13H2,1H3,(H,25,32)(H,27,34). The third kappa shape index (κ3) is 5.94. The lowest BCUT2D eigenvalue weighted by atomic mass is 10.2. The highest BCUT2D eigenvalue weighted by Crippen LogP contribution is 2.24. The molecule has 3 aromatic heterocycles. The average Bonchev–Trinajstić information content (AvgIpc) is 3.51. The lowest BCUT2D eigenvalue weighted by Gasteiger charge is -2.14. The number of anilines is 1. The largest absolute Gasteiger partial charge is 0.374 e. The molecule has 35 heavy (non-hydrogen) atoms. The van der Waals surface area contributed by atoms with Crippen LogP contribution in [-0.2, 0) is 11.3 Å². The predicted molar refractivity (Wildman–Crippen MR) is 135 cm³/mol. The summed E-state index contributed by atoms with van der Waals surface area (Å²) in [6, 6.07) is 13.5. The first-order valence-corrected chi connectivity index (χ1v) is 11.9. The first kappa shape index (κ1) is 24.2. The third-order valence-electron chi connectivity index (χ3n) is 4.91. The molecule has 4 aromatic rings. The Morgan fingerprint density at radius 1 is 1.11 bits per heavy atom. The van der Waals surface area contributed by atoms with Crippen molar-refractivity contribution >= 4 is 40.4 Å². The van der Waals surface area contributed by atoms with Gasteiger partial charge in [0, 0.05) is 18.8 Å². The maximum absolute atomic E-state index is 12.3. The zero-order valence-electron chi connectivity index (χ0n) is 18.7. The van der Waals surface area contributed by atoms with Crippen molar-refractivity contribution in [2.45, 2.75) is 13.5 Å². The second kappa shape index (κ2) is 11.0. The Morgan fingerprint density at radius 3 is 2.71 bits per heavy atom. The van der Waals surface area contributed by atoms with Crippen LogP contribution in [0.25, 0.3) is 11.4 Å². The Bertz CT molecular complexity index is 1410. The molecule has 12 heteroatoms. The molecule has 0 radical (unpaired) electrons. The van der Waals surface area contributed by atoms with Gasteiger partial charge in [0.2, 0.25) is 5.91 Å². The Morgan fingerprint density at radius 2 is 1.97 bits per heavy atom. The highest BCUT2D eigenvalue weighted by molar-refractivity contribution is 7.17. The summed E-state index contributed by atoms with van der Waals surface area (Å²) >= 11 is 7.09. The molecule has 0 spiro atoms. The van der Waals surface area contributed by atoms with Crippen LogP contribution in [0.5, 0.6) is 0 Å². The molecule has 0 aliphatic rings. The zero-order chi connectivity index (χ0) is 24.8. The number of halogens is 1. The maximum Gasteiger partial charge on any atom is 0.261 e. The minimum atomic E-state index is -0.251. The Balaban J connectivity index is 1.57. The van der Waals surface area contributed by atoms with Gasteiger partial charge in [0.15, 0.2) is 0 Å². The molecule has 4 rings (SSSR count). The number of nitrogens with zero attached hydrogens (tertiary/aromatic N) is 4. The summed E-state index contributed by atoms with van der Waals surface area (Å²) in [5, 5.41) is 16.9. The zero-order valence-corrected chi connectivity index (χ0v) is 20.3. The van der Waals surface area contributed by atoms with Crippen molar-refractivity contribution < 1.29 is 9.59 Å². The molecule has 10 nitrogen and oxygen atoms in total. The van der Waals surface area contributed by atoms with E-state index >= 15 is 0 Å². The van der Waals surface area contributed by atoms with Gasteiger partial charge in [-0.1, -0.05) is 22.9 Å². The van der Waals surface area contributed by atoms with Gasteiger partial charge in [-0.15, -0.1) is 16.4 Å². The number of carbonyl (C=O) groups is 2. The minimum Gasteiger partial charge on any atom is -0.374 e. The lowest BCUT2D eigenvalue weighted by Crippen LogP contribution is -2.29. The molecule has 180 valence electrons. The monoisotopic (exact) mass is 511 g/mol. The Labute approximate surface area is 209 Å². The van der Waals surface area contributed by atoms with Crippen molar-refractivity contribution in [3.05, 3.63) is 86.2 Å². The number of benzene rings is 1. The number of thiophene rings is 1. The molecule has 0 fully saturated rings. The van der Waals surface area contributed by atoms with Crippen LogP contribution in [0.15, 0.2) is 65.7 Å². The van der Waals surface area contributed by atoms with E-state index in [1.807, 2.05) is 6.92 Å². The fourth-order valence-corrected chi connectivity index (χ4v) is 4.24. The quantitative estimate of drug-likeness (QED) is 0.317.